The van der Waals surface area contributed by atoms with Crippen LogP contribution in [0.25, 0.3) is 0 Å². The van der Waals surface area contributed by atoms with Crippen molar-refractivity contribution in [3.8, 4) is 0 Å². The average molecular weight is 279 g/mol. The SMILES string of the molecule is Cc1cccc(CSCC(=O)NC2(CO)CCC2)c1. The van der Waals surface area contributed by atoms with Crippen molar-refractivity contribution in [2.45, 2.75) is 37.5 Å². The maximum atomic E-state index is 11.8. The Hall–Kier alpha value is -1.00. The first-order valence-electron chi connectivity index (χ1n) is 6.69. The molecule has 1 amide bonds. The number of amides is 1. The van der Waals surface area contributed by atoms with Gasteiger partial charge in [-0.25, -0.2) is 0 Å². The fourth-order valence-electron chi connectivity index (χ4n) is 2.32. The third-order valence-corrected chi connectivity index (χ3v) is 4.61. The first-order chi connectivity index (χ1) is 9.13. The van der Waals surface area contributed by atoms with Crippen molar-refractivity contribution in [1.82, 2.24) is 5.32 Å². The lowest BCUT2D eigenvalue weighted by molar-refractivity contribution is -0.122. The molecule has 0 saturated heterocycles. The highest BCUT2D eigenvalue weighted by Crippen LogP contribution is 2.31. The Labute approximate surface area is 118 Å². The second kappa shape index (κ2) is 6.44. The lowest BCUT2D eigenvalue weighted by Gasteiger charge is -2.40. The van der Waals surface area contributed by atoms with Gasteiger partial charge in [0.25, 0.3) is 0 Å². The van der Waals surface area contributed by atoms with E-state index >= 15 is 0 Å². The van der Waals surface area contributed by atoms with Gasteiger partial charge in [0.15, 0.2) is 0 Å². The first-order valence-corrected chi connectivity index (χ1v) is 7.84. The molecule has 1 saturated carbocycles. The van der Waals surface area contributed by atoms with Gasteiger partial charge in [0.05, 0.1) is 17.9 Å². The Morgan fingerprint density at radius 2 is 2.26 bits per heavy atom. The number of aryl methyl sites for hydroxylation is 1. The average Bonchev–Trinajstić information content (AvgIpc) is 2.34. The third-order valence-electron chi connectivity index (χ3n) is 3.60. The molecule has 0 spiro atoms. The van der Waals surface area contributed by atoms with Crippen LogP contribution in [0.3, 0.4) is 0 Å². The molecule has 2 rings (SSSR count). The second-order valence-electron chi connectivity index (χ2n) is 5.32. The molecule has 1 aromatic carbocycles. The summed E-state index contributed by atoms with van der Waals surface area (Å²) in [5.74, 6) is 1.34. The van der Waals surface area contributed by atoms with E-state index in [0.717, 1.165) is 25.0 Å². The summed E-state index contributed by atoms with van der Waals surface area (Å²) in [6.45, 7) is 2.13. The summed E-state index contributed by atoms with van der Waals surface area (Å²) in [5, 5.41) is 12.3. The number of carbonyl (C=O) groups excluding carboxylic acids is 1. The van der Waals surface area contributed by atoms with E-state index in [1.807, 2.05) is 6.07 Å². The molecule has 2 N–H and O–H groups in total. The van der Waals surface area contributed by atoms with E-state index < -0.39 is 0 Å². The molecule has 0 atom stereocenters. The quantitative estimate of drug-likeness (QED) is 0.840. The molecule has 0 radical (unpaired) electrons. The van der Waals surface area contributed by atoms with Crippen LogP contribution in [0.1, 0.15) is 30.4 Å². The molecule has 1 fully saturated rings. The summed E-state index contributed by atoms with van der Waals surface area (Å²) >= 11 is 1.62. The lowest BCUT2D eigenvalue weighted by atomic mass is 9.77. The van der Waals surface area contributed by atoms with Crippen LogP contribution in [-0.4, -0.2) is 28.9 Å². The van der Waals surface area contributed by atoms with E-state index in [9.17, 15) is 9.90 Å². The zero-order valence-electron chi connectivity index (χ0n) is 11.3. The van der Waals surface area contributed by atoms with Gasteiger partial charge in [0, 0.05) is 5.75 Å². The number of thioether (sulfide) groups is 1. The molecular formula is C15H21NO2S. The summed E-state index contributed by atoms with van der Waals surface area (Å²) in [6.07, 6.45) is 2.90. The monoisotopic (exact) mass is 279 g/mol. The Morgan fingerprint density at radius 3 is 2.84 bits per heavy atom. The van der Waals surface area contributed by atoms with Crippen molar-refractivity contribution in [2.75, 3.05) is 12.4 Å². The van der Waals surface area contributed by atoms with Crippen LogP contribution in [0, 0.1) is 6.92 Å². The van der Waals surface area contributed by atoms with Crippen LogP contribution in [0.15, 0.2) is 24.3 Å². The molecule has 0 unspecified atom stereocenters. The van der Waals surface area contributed by atoms with Gasteiger partial charge in [-0.1, -0.05) is 29.8 Å². The van der Waals surface area contributed by atoms with Gasteiger partial charge < -0.3 is 10.4 Å². The van der Waals surface area contributed by atoms with Crippen LogP contribution in [0.5, 0.6) is 0 Å². The molecule has 1 aliphatic rings. The summed E-state index contributed by atoms with van der Waals surface area (Å²) in [5.41, 5.74) is 2.18. The van der Waals surface area contributed by atoms with Gasteiger partial charge in [0.2, 0.25) is 5.91 Å². The normalized spacial score (nSPS) is 16.7. The number of carbonyl (C=O) groups is 1. The maximum absolute atomic E-state index is 11.8. The molecule has 3 nitrogen and oxygen atoms in total. The summed E-state index contributed by atoms with van der Waals surface area (Å²) < 4.78 is 0. The third kappa shape index (κ3) is 3.98. The van der Waals surface area contributed by atoms with Crippen LogP contribution in [-0.2, 0) is 10.5 Å². The molecular weight excluding hydrogens is 258 g/mol. The minimum atomic E-state index is -0.318. The molecule has 1 aromatic rings. The van der Waals surface area contributed by atoms with Crippen molar-refractivity contribution in [1.29, 1.82) is 0 Å². The highest BCUT2D eigenvalue weighted by molar-refractivity contribution is 7.99. The molecule has 0 heterocycles. The number of aliphatic hydroxyl groups is 1. The van der Waals surface area contributed by atoms with E-state index in [-0.39, 0.29) is 18.1 Å². The predicted molar refractivity (Wildman–Crippen MR) is 79.2 cm³/mol. The van der Waals surface area contributed by atoms with Crippen molar-refractivity contribution < 1.29 is 9.90 Å². The summed E-state index contributed by atoms with van der Waals surface area (Å²) in [4.78, 5) is 11.8. The van der Waals surface area contributed by atoms with Crippen LogP contribution in [0.4, 0.5) is 0 Å². The van der Waals surface area contributed by atoms with E-state index in [4.69, 9.17) is 0 Å². The standard InChI is InChI=1S/C15H21NO2S/c1-12-4-2-5-13(8-12)9-19-10-14(18)16-15(11-17)6-3-7-15/h2,4-5,8,17H,3,6-7,9-11H2,1H3,(H,16,18). The van der Waals surface area contributed by atoms with Crippen molar-refractivity contribution in [2.24, 2.45) is 0 Å². The van der Waals surface area contributed by atoms with Gasteiger partial charge in [-0.2, -0.15) is 0 Å². The number of aliphatic hydroxyl groups excluding tert-OH is 1. The van der Waals surface area contributed by atoms with E-state index in [2.05, 4.69) is 30.4 Å². The molecule has 104 valence electrons. The van der Waals surface area contributed by atoms with E-state index in [0.29, 0.717) is 5.75 Å². The van der Waals surface area contributed by atoms with Crippen molar-refractivity contribution in [3.63, 3.8) is 0 Å². The Kier molecular flexibility index (Phi) is 4.88. The molecule has 0 aromatic heterocycles. The number of rotatable bonds is 6. The highest BCUT2D eigenvalue weighted by Gasteiger charge is 2.37. The number of benzene rings is 1. The zero-order chi connectivity index (χ0) is 13.7. The van der Waals surface area contributed by atoms with Crippen molar-refractivity contribution >= 4 is 17.7 Å². The second-order valence-corrected chi connectivity index (χ2v) is 6.31. The minimum Gasteiger partial charge on any atom is -0.394 e. The topological polar surface area (TPSA) is 49.3 Å². The Balaban J connectivity index is 1.72. The summed E-state index contributed by atoms with van der Waals surface area (Å²) in [7, 11) is 0. The largest absolute Gasteiger partial charge is 0.394 e. The predicted octanol–water partition coefficient (Wildman–Crippen LogP) is 2.26. The van der Waals surface area contributed by atoms with E-state index in [1.54, 1.807) is 11.8 Å². The lowest BCUT2D eigenvalue weighted by Crippen LogP contribution is -2.56. The molecule has 19 heavy (non-hydrogen) atoms. The smallest absolute Gasteiger partial charge is 0.230 e. The molecule has 1 aliphatic carbocycles. The van der Waals surface area contributed by atoms with Crippen molar-refractivity contribution in [3.05, 3.63) is 35.4 Å². The number of hydrogen-bond donors (Lipinski definition) is 2. The fraction of sp³-hybridized carbons (Fsp3) is 0.533. The van der Waals surface area contributed by atoms with Crippen LogP contribution in [0.2, 0.25) is 0 Å². The highest BCUT2D eigenvalue weighted by atomic mass is 32.2. The first kappa shape index (κ1) is 14.4. The zero-order valence-corrected chi connectivity index (χ0v) is 12.1. The summed E-state index contributed by atoms with van der Waals surface area (Å²) in [6, 6.07) is 8.34. The van der Waals surface area contributed by atoms with Crippen LogP contribution >= 0.6 is 11.8 Å². The Morgan fingerprint density at radius 1 is 1.47 bits per heavy atom. The van der Waals surface area contributed by atoms with Gasteiger partial charge in [-0.05, 0) is 31.7 Å². The minimum absolute atomic E-state index is 0.0337. The van der Waals surface area contributed by atoms with E-state index in [1.165, 1.54) is 11.1 Å². The van der Waals surface area contributed by atoms with Gasteiger partial charge in [-0.15, -0.1) is 11.8 Å². The number of nitrogens with one attached hydrogen (secondary N) is 1. The fourth-order valence-corrected chi connectivity index (χ4v) is 3.10. The molecule has 4 heteroatoms. The van der Waals surface area contributed by atoms with Crippen LogP contribution < -0.4 is 5.32 Å². The molecule has 0 bridgehead atoms. The Bertz CT molecular complexity index is 438. The van der Waals surface area contributed by atoms with Gasteiger partial charge >= 0.3 is 0 Å². The van der Waals surface area contributed by atoms with Gasteiger partial charge in [0.1, 0.15) is 0 Å². The molecule has 0 aliphatic heterocycles. The van der Waals surface area contributed by atoms with Gasteiger partial charge in [-0.3, -0.25) is 4.79 Å². The number of hydrogen-bond acceptors (Lipinski definition) is 3. The maximum Gasteiger partial charge on any atom is 0.230 e.